The number of halogens is 1. The fourth-order valence-corrected chi connectivity index (χ4v) is 4.97. The van der Waals surface area contributed by atoms with Crippen molar-refractivity contribution in [2.45, 2.75) is 26.8 Å². The number of hydrogen-bond donors (Lipinski definition) is 1. The van der Waals surface area contributed by atoms with Crippen LogP contribution < -0.4 is 19.9 Å². The number of carbonyl (C=O) groups excluding carboxylic acids is 2. The molecule has 214 valence electrons. The maximum absolute atomic E-state index is 14.4. The molecule has 0 bridgehead atoms. The third-order valence-corrected chi connectivity index (χ3v) is 7.23. The van der Waals surface area contributed by atoms with E-state index in [1.54, 1.807) is 60.7 Å². The highest BCUT2D eigenvalue weighted by atomic mass is 19.1. The molecule has 4 aromatic rings. The number of fused-ring (bicyclic) bond motifs is 1. The molecule has 0 spiro atoms. The Hall–Kier alpha value is -4.91. The molecule has 0 radical (unpaired) electrons. The van der Waals surface area contributed by atoms with Gasteiger partial charge in [0.05, 0.1) is 12.2 Å². The van der Waals surface area contributed by atoms with Gasteiger partial charge in [0.25, 0.3) is 11.8 Å². The van der Waals surface area contributed by atoms with Gasteiger partial charge in [-0.2, -0.15) is 0 Å². The number of aryl methyl sites for hydroxylation is 1. The minimum Gasteiger partial charge on any atom is -0.449 e. The standard InChI is InChI=1S/C35H34FN3O3/c1-3-38(29-12-8-10-25(2)22-29)21-9-20-37-34(40)27-18-16-26(17-19-27)23-33-35(41)39(24-28-11-4-5-13-30(28)36)31-14-6-7-15-32(31)42-33/h4-8,10-19,22-23H,3,9,20-21,24H2,1-2H3,(H,37,40)/b33-23-. The van der Waals surface area contributed by atoms with Gasteiger partial charge in [0.15, 0.2) is 11.5 Å². The van der Waals surface area contributed by atoms with Crippen molar-refractivity contribution in [3.8, 4) is 5.75 Å². The summed E-state index contributed by atoms with van der Waals surface area (Å²) in [7, 11) is 0. The molecule has 0 aromatic heterocycles. The number of carbonyl (C=O) groups is 2. The summed E-state index contributed by atoms with van der Waals surface area (Å²) in [5.41, 5.74) is 4.64. The van der Waals surface area contributed by atoms with Gasteiger partial charge in [-0.05, 0) is 79.9 Å². The summed E-state index contributed by atoms with van der Waals surface area (Å²) >= 11 is 0. The van der Waals surface area contributed by atoms with Gasteiger partial charge in [-0.3, -0.25) is 14.5 Å². The zero-order valence-corrected chi connectivity index (χ0v) is 23.8. The van der Waals surface area contributed by atoms with E-state index in [9.17, 15) is 14.0 Å². The zero-order chi connectivity index (χ0) is 29.5. The Morgan fingerprint density at radius 2 is 1.74 bits per heavy atom. The first-order valence-electron chi connectivity index (χ1n) is 14.2. The van der Waals surface area contributed by atoms with Gasteiger partial charge in [-0.25, -0.2) is 4.39 Å². The lowest BCUT2D eigenvalue weighted by molar-refractivity contribution is -0.117. The summed E-state index contributed by atoms with van der Waals surface area (Å²) in [4.78, 5) is 30.0. The fraction of sp³-hybridized carbons (Fsp3) is 0.200. The molecule has 0 atom stereocenters. The Bertz CT molecular complexity index is 1600. The maximum Gasteiger partial charge on any atom is 0.294 e. The maximum atomic E-state index is 14.4. The molecular formula is C35H34FN3O3. The smallest absolute Gasteiger partial charge is 0.294 e. The number of benzene rings is 4. The lowest BCUT2D eigenvalue weighted by Gasteiger charge is -2.30. The van der Waals surface area contributed by atoms with E-state index in [-0.39, 0.29) is 29.9 Å². The normalized spacial score (nSPS) is 13.5. The number of amides is 2. The van der Waals surface area contributed by atoms with Crippen LogP contribution in [-0.2, 0) is 11.3 Å². The quantitative estimate of drug-likeness (QED) is 0.171. The van der Waals surface area contributed by atoms with E-state index in [1.165, 1.54) is 22.2 Å². The van der Waals surface area contributed by atoms with E-state index in [1.807, 2.05) is 12.1 Å². The highest BCUT2D eigenvalue weighted by Gasteiger charge is 2.30. The van der Waals surface area contributed by atoms with Crippen LogP contribution in [0.25, 0.3) is 6.08 Å². The number of anilines is 2. The fourth-order valence-electron chi connectivity index (χ4n) is 4.97. The summed E-state index contributed by atoms with van der Waals surface area (Å²) in [5.74, 6) is -0.257. The van der Waals surface area contributed by atoms with Gasteiger partial charge < -0.3 is 15.0 Å². The zero-order valence-electron chi connectivity index (χ0n) is 23.8. The van der Waals surface area contributed by atoms with Crippen molar-refractivity contribution in [2.24, 2.45) is 0 Å². The first kappa shape index (κ1) is 28.6. The highest BCUT2D eigenvalue weighted by Crippen LogP contribution is 2.36. The van der Waals surface area contributed by atoms with Gasteiger partial charge in [-0.1, -0.05) is 54.6 Å². The molecule has 1 aliphatic heterocycles. The first-order chi connectivity index (χ1) is 20.4. The van der Waals surface area contributed by atoms with Crippen LogP contribution in [0.4, 0.5) is 15.8 Å². The van der Waals surface area contributed by atoms with E-state index in [4.69, 9.17) is 4.74 Å². The van der Waals surface area contributed by atoms with Gasteiger partial charge in [0.1, 0.15) is 5.82 Å². The second kappa shape index (κ2) is 13.2. The molecule has 0 saturated carbocycles. The van der Waals surface area contributed by atoms with Crippen LogP contribution >= 0.6 is 0 Å². The molecule has 0 fully saturated rings. The Morgan fingerprint density at radius 1 is 0.976 bits per heavy atom. The lowest BCUT2D eigenvalue weighted by Crippen LogP contribution is -2.37. The molecule has 7 heteroatoms. The third kappa shape index (κ3) is 6.69. The predicted molar refractivity (Wildman–Crippen MR) is 165 cm³/mol. The number of rotatable bonds is 10. The molecule has 0 saturated heterocycles. The number of para-hydroxylation sites is 2. The predicted octanol–water partition coefficient (Wildman–Crippen LogP) is 6.75. The summed E-state index contributed by atoms with van der Waals surface area (Å²) in [6, 6.07) is 29.0. The monoisotopic (exact) mass is 563 g/mol. The van der Waals surface area contributed by atoms with Gasteiger partial charge in [-0.15, -0.1) is 0 Å². The molecule has 42 heavy (non-hydrogen) atoms. The summed E-state index contributed by atoms with van der Waals surface area (Å²) in [5, 5.41) is 3.00. The van der Waals surface area contributed by atoms with Crippen molar-refractivity contribution in [3.63, 3.8) is 0 Å². The molecule has 0 unspecified atom stereocenters. The van der Waals surface area contributed by atoms with Crippen LogP contribution in [0, 0.1) is 12.7 Å². The molecule has 6 nitrogen and oxygen atoms in total. The van der Waals surface area contributed by atoms with Gasteiger partial charge >= 0.3 is 0 Å². The van der Waals surface area contributed by atoms with Crippen LogP contribution in [0.2, 0.25) is 0 Å². The highest BCUT2D eigenvalue weighted by molar-refractivity contribution is 6.09. The van der Waals surface area contributed by atoms with Crippen LogP contribution in [0.15, 0.2) is 103 Å². The van der Waals surface area contributed by atoms with Crippen LogP contribution in [0.3, 0.4) is 0 Å². The van der Waals surface area contributed by atoms with Crippen LogP contribution in [0.1, 0.15) is 40.4 Å². The Morgan fingerprint density at radius 3 is 2.50 bits per heavy atom. The van der Waals surface area contributed by atoms with Crippen LogP contribution in [0.5, 0.6) is 5.75 Å². The molecule has 2 amide bonds. The minimum absolute atomic E-state index is 0.0728. The third-order valence-electron chi connectivity index (χ3n) is 7.23. The van der Waals surface area contributed by atoms with E-state index in [0.29, 0.717) is 34.7 Å². The number of nitrogens with zero attached hydrogens (tertiary/aromatic N) is 2. The van der Waals surface area contributed by atoms with Crippen molar-refractivity contribution in [1.82, 2.24) is 5.32 Å². The molecule has 1 N–H and O–H groups in total. The summed E-state index contributed by atoms with van der Waals surface area (Å²) in [6.45, 7) is 6.59. The molecule has 5 rings (SSSR count). The van der Waals surface area contributed by atoms with Gasteiger partial charge in [0, 0.05) is 36.4 Å². The summed E-state index contributed by atoms with van der Waals surface area (Å²) in [6.07, 6.45) is 2.46. The van der Waals surface area contributed by atoms with E-state index in [0.717, 1.165) is 19.5 Å². The van der Waals surface area contributed by atoms with Crippen LogP contribution in [-0.4, -0.2) is 31.4 Å². The SMILES string of the molecule is CCN(CCCNC(=O)c1ccc(/C=C2\Oc3ccccc3N(Cc3ccccc3F)C2=O)cc1)c1cccc(C)c1. The second-order valence-electron chi connectivity index (χ2n) is 10.2. The molecule has 0 aliphatic carbocycles. The lowest BCUT2D eigenvalue weighted by atomic mass is 10.1. The topological polar surface area (TPSA) is 61.9 Å². The first-order valence-corrected chi connectivity index (χ1v) is 14.2. The molecule has 1 aliphatic rings. The van der Waals surface area contributed by atoms with Crippen molar-refractivity contribution in [3.05, 3.63) is 131 Å². The second-order valence-corrected chi connectivity index (χ2v) is 10.2. The minimum atomic E-state index is -0.373. The van der Waals surface area contributed by atoms with Crippen molar-refractivity contribution in [2.75, 3.05) is 29.4 Å². The number of ether oxygens (including phenoxy) is 1. The number of nitrogens with one attached hydrogen (secondary N) is 1. The van der Waals surface area contributed by atoms with Crippen molar-refractivity contribution >= 4 is 29.3 Å². The van der Waals surface area contributed by atoms with E-state index in [2.05, 4.69) is 48.3 Å². The Kier molecular flexibility index (Phi) is 8.97. The molecule has 4 aromatic carbocycles. The average Bonchev–Trinajstić information content (AvgIpc) is 3.00. The Balaban J connectivity index is 1.22. The average molecular weight is 564 g/mol. The van der Waals surface area contributed by atoms with E-state index >= 15 is 0 Å². The van der Waals surface area contributed by atoms with Crippen molar-refractivity contribution < 1.29 is 18.7 Å². The Labute approximate surface area is 246 Å². The van der Waals surface area contributed by atoms with Gasteiger partial charge in [0.2, 0.25) is 0 Å². The molecule has 1 heterocycles. The van der Waals surface area contributed by atoms with Crippen molar-refractivity contribution in [1.29, 1.82) is 0 Å². The van der Waals surface area contributed by atoms with E-state index < -0.39 is 0 Å². The molecular weight excluding hydrogens is 529 g/mol. The largest absolute Gasteiger partial charge is 0.449 e. The number of hydrogen-bond acceptors (Lipinski definition) is 4. The summed E-state index contributed by atoms with van der Waals surface area (Å²) < 4.78 is 20.4.